The molecule has 1 aromatic heterocycles. The average molecular weight is 493 g/mol. The van der Waals surface area contributed by atoms with Gasteiger partial charge in [0.1, 0.15) is 17.6 Å². The fourth-order valence-corrected chi connectivity index (χ4v) is 6.51. The molecule has 1 saturated carbocycles. The van der Waals surface area contributed by atoms with E-state index in [4.69, 9.17) is 20.3 Å². The minimum atomic E-state index is -5.67. The van der Waals surface area contributed by atoms with E-state index in [9.17, 15) is 33.4 Å². The Bertz CT molecular complexity index is 1030. The van der Waals surface area contributed by atoms with Gasteiger partial charge >= 0.3 is 29.2 Å². The molecule has 1 saturated heterocycles. The molecule has 0 amide bonds. The van der Waals surface area contributed by atoms with E-state index in [1.165, 1.54) is 12.3 Å². The van der Waals surface area contributed by atoms with Crippen LogP contribution in [0.1, 0.15) is 19.1 Å². The first-order valence-corrected chi connectivity index (χ1v) is 12.6. The Hall–Kier alpha value is -0.990. The quantitative estimate of drug-likeness (QED) is 0.243. The molecule has 2 unspecified atom stereocenters. The Balaban J connectivity index is 1.72. The first-order chi connectivity index (χ1) is 13.6. The van der Waals surface area contributed by atoms with Crippen molar-refractivity contribution < 1.29 is 56.3 Å². The van der Waals surface area contributed by atoms with Crippen molar-refractivity contribution in [2.45, 2.75) is 30.8 Å². The van der Waals surface area contributed by atoms with Crippen molar-refractivity contribution in [2.24, 2.45) is 5.92 Å². The molecule has 1 aliphatic carbocycles. The number of rotatable bonds is 8. The van der Waals surface area contributed by atoms with E-state index < -0.39 is 59.6 Å². The fourth-order valence-electron chi connectivity index (χ4n) is 3.43. The van der Waals surface area contributed by atoms with Gasteiger partial charge < -0.3 is 35.2 Å². The molecule has 30 heavy (non-hydrogen) atoms. The van der Waals surface area contributed by atoms with Gasteiger partial charge in [-0.15, -0.1) is 0 Å². The topological polar surface area (TPSA) is 250 Å². The molecule has 19 heteroatoms. The number of hydrogen-bond acceptors (Lipinski definition) is 11. The maximum atomic E-state index is 12.0. The number of aromatic nitrogens is 2. The monoisotopic (exact) mass is 493 g/mol. The number of nitrogens with two attached hydrogens (primary N) is 1. The van der Waals surface area contributed by atoms with Gasteiger partial charge in [-0.25, -0.2) is 18.5 Å². The van der Waals surface area contributed by atoms with E-state index in [1.54, 1.807) is 0 Å². The third-order valence-corrected chi connectivity index (χ3v) is 8.36. The molecular formula is C11H18N3O13P3. The summed E-state index contributed by atoms with van der Waals surface area (Å²) >= 11 is 0. The lowest BCUT2D eigenvalue weighted by Crippen LogP contribution is -2.41. The summed E-state index contributed by atoms with van der Waals surface area (Å²) in [5, 5.41) is 10.5. The number of aliphatic hydroxyl groups is 1. The van der Waals surface area contributed by atoms with E-state index in [-0.39, 0.29) is 12.2 Å². The largest absolute Gasteiger partial charge is 0.490 e. The highest BCUT2D eigenvalue weighted by molar-refractivity contribution is 7.66. The Morgan fingerprint density at radius 3 is 2.50 bits per heavy atom. The van der Waals surface area contributed by atoms with Crippen molar-refractivity contribution in [3.05, 3.63) is 22.7 Å². The summed E-state index contributed by atoms with van der Waals surface area (Å²) in [4.78, 5) is 51.4. The first kappa shape index (κ1) is 23.7. The Morgan fingerprint density at radius 1 is 1.23 bits per heavy atom. The van der Waals surface area contributed by atoms with Crippen LogP contribution >= 0.6 is 23.5 Å². The minimum absolute atomic E-state index is 0.0256. The second-order valence-corrected chi connectivity index (χ2v) is 11.0. The number of ether oxygens (including phenoxy) is 1. The maximum Gasteiger partial charge on any atom is 0.490 e. The smallest absolute Gasteiger partial charge is 0.390 e. The average Bonchev–Trinajstić information content (AvgIpc) is 3.00. The first-order valence-electron chi connectivity index (χ1n) is 8.12. The lowest BCUT2D eigenvalue weighted by molar-refractivity contribution is -0.138. The van der Waals surface area contributed by atoms with Crippen molar-refractivity contribution in [3.63, 3.8) is 0 Å². The number of hydrogen-bond donors (Lipinski definition) is 6. The minimum Gasteiger partial charge on any atom is -0.390 e. The van der Waals surface area contributed by atoms with Gasteiger partial charge in [0.25, 0.3) is 0 Å². The van der Waals surface area contributed by atoms with Crippen molar-refractivity contribution in [1.82, 2.24) is 9.55 Å². The second-order valence-electron chi connectivity index (χ2n) is 6.63. The summed E-state index contributed by atoms with van der Waals surface area (Å²) in [6.45, 7) is -0.817. The molecule has 2 fully saturated rings. The Morgan fingerprint density at radius 2 is 1.90 bits per heavy atom. The third-order valence-electron chi connectivity index (χ3n) is 4.58. The van der Waals surface area contributed by atoms with E-state index in [2.05, 4.69) is 18.1 Å². The van der Waals surface area contributed by atoms with Crippen LogP contribution in [-0.2, 0) is 31.6 Å². The molecule has 2 heterocycles. The zero-order chi connectivity index (χ0) is 22.5. The van der Waals surface area contributed by atoms with Crippen LogP contribution in [0.25, 0.3) is 0 Å². The molecule has 0 radical (unpaired) electrons. The maximum absolute atomic E-state index is 12.0. The molecule has 1 aliphatic heterocycles. The predicted molar refractivity (Wildman–Crippen MR) is 94.3 cm³/mol. The van der Waals surface area contributed by atoms with Crippen molar-refractivity contribution >= 4 is 29.3 Å². The van der Waals surface area contributed by atoms with Gasteiger partial charge in [-0.1, -0.05) is 0 Å². The van der Waals surface area contributed by atoms with Crippen LogP contribution in [0.2, 0.25) is 0 Å². The van der Waals surface area contributed by atoms with Crippen LogP contribution in [0.3, 0.4) is 0 Å². The van der Waals surface area contributed by atoms with Crippen LogP contribution in [0.4, 0.5) is 5.82 Å². The lowest BCUT2D eigenvalue weighted by atomic mass is 10.0. The highest BCUT2D eigenvalue weighted by atomic mass is 31.3. The van der Waals surface area contributed by atoms with E-state index in [0.717, 1.165) is 4.57 Å². The van der Waals surface area contributed by atoms with Gasteiger partial charge in [0, 0.05) is 12.1 Å². The highest BCUT2D eigenvalue weighted by Crippen LogP contribution is 2.67. The van der Waals surface area contributed by atoms with Crippen molar-refractivity contribution in [2.75, 3.05) is 12.3 Å². The van der Waals surface area contributed by atoms with E-state index >= 15 is 0 Å². The number of nitrogens with zero attached hydrogens (tertiary/aromatic N) is 2. The molecule has 0 aromatic carbocycles. The standard InChI is InChI=1S/C11H18N3O13P3/c12-7-2-4-14(10(16)13-7)9-6-1-3-11(25-9,8(6)15)5-24-29(20,21)27-30(22,23)26-28(17,18)19/h2,4,6,8-9,15H,1,3,5H2,(H,20,21)(H,22,23)(H2,12,13,16)(H2,17,18,19)/t6-,8+,9-,11-/m1/s1. The van der Waals surface area contributed by atoms with Gasteiger partial charge in [-0.05, 0) is 18.9 Å². The predicted octanol–water partition coefficient (Wildman–Crippen LogP) is -0.793. The van der Waals surface area contributed by atoms with Crippen LogP contribution in [0.5, 0.6) is 0 Å². The molecule has 2 bridgehead atoms. The molecule has 170 valence electrons. The molecule has 6 atom stereocenters. The number of phosphoric acid groups is 3. The Kier molecular flexibility index (Phi) is 6.20. The molecule has 0 spiro atoms. The molecule has 3 rings (SSSR count). The molecule has 1 aromatic rings. The normalized spacial score (nSPS) is 32.6. The van der Waals surface area contributed by atoms with Gasteiger partial charge in [0.05, 0.1) is 12.7 Å². The van der Waals surface area contributed by atoms with E-state index in [1.807, 2.05) is 0 Å². The van der Waals surface area contributed by atoms with Crippen LogP contribution < -0.4 is 11.4 Å². The third kappa shape index (κ3) is 5.07. The van der Waals surface area contributed by atoms with Crippen molar-refractivity contribution in [1.29, 1.82) is 0 Å². The summed E-state index contributed by atoms with van der Waals surface area (Å²) in [6.07, 6.45) is -0.457. The van der Waals surface area contributed by atoms with Gasteiger partial charge in [-0.3, -0.25) is 9.09 Å². The number of fused-ring (bicyclic) bond motifs is 2. The number of aliphatic hydroxyl groups excluding tert-OH is 1. The summed E-state index contributed by atoms with van der Waals surface area (Å²) in [5.74, 6) is -0.625. The molecular weight excluding hydrogens is 475 g/mol. The number of phosphoric ester groups is 1. The zero-order valence-electron chi connectivity index (χ0n) is 14.8. The lowest BCUT2D eigenvalue weighted by Gasteiger charge is -2.31. The summed E-state index contributed by atoms with van der Waals surface area (Å²) < 4.78 is 52.6. The van der Waals surface area contributed by atoms with Crippen LogP contribution in [0.15, 0.2) is 17.1 Å². The van der Waals surface area contributed by atoms with Crippen LogP contribution in [0, 0.1) is 5.92 Å². The number of nitrogen functional groups attached to an aromatic ring is 1. The molecule has 16 nitrogen and oxygen atoms in total. The molecule has 2 aliphatic rings. The number of anilines is 1. The molecule has 7 N–H and O–H groups in total. The highest BCUT2D eigenvalue weighted by Gasteiger charge is 2.61. The van der Waals surface area contributed by atoms with Crippen molar-refractivity contribution in [3.8, 4) is 0 Å². The van der Waals surface area contributed by atoms with E-state index in [0.29, 0.717) is 6.42 Å². The summed E-state index contributed by atoms with van der Waals surface area (Å²) in [6, 6.07) is 1.34. The van der Waals surface area contributed by atoms with Gasteiger partial charge in [0.15, 0.2) is 0 Å². The van der Waals surface area contributed by atoms with Gasteiger partial charge in [-0.2, -0.15) is 13.6 Å². The SMILES string of the molecule is Nc1ccn([C@@H]2O[C@@]3(COP(=O)(O)OP(=O)(O)OP(=O)(O)O)CC[C@@H]2[C@@H]3O)c(=O)n1. The zero-order valence-corrected chi connectivity index (χ0v) is 17.5. The summed E-state index contributed by atoms with van der Waals surface area (Å²) in [7, 11) is -16.6. The second kappa shape index (κ2) is 7.85. The summed E-state index contributed by atoms with van der Waals surface area (Å²) in [5.41, 5.74) is 3.11. The van der Waals surface area contributed by atoms with Gasteiger partial charge in [0.2, 0.25) is 0 Å². The van der Waals surface area contributed by atoms with Crippen LogP contribution in [-0.4, -0.2) is 52.5 Å². The Labute approximate surface area is 167 Å². The fraction of sp³-hybridized carbons (Fsp3) is 0.636.